The number of benzene rings is 2. The van der Waals surface area contributed by atoms with Crippen LogP contribution in [0.1, 0.15) is 0 Å². The van der Waals surface area contributed by atoms with Crippen molar-refractivity contribution in [2.75, 3.05) is 0 Å². The van der Waals surface area contributed by atoms with Gasteiger partial charge in [0.2, 0.25) is 0 Å². The Morgan fingerprint density at radius 1 is 0.514 bits per heavy atom. The topological polar surface area (TPSA) is 40.5 Å². The first-order valence-corrected chi connectivity index (χ1v) is 11.0. The van der Waals surface area contributed by atoms with Crippen LogP contribution < -0.4 is 0 Å². The SMILES string of the molecule is Oc1ccccc1SC(F)(F)F.Oc1ccccc1SC(F)(F)F.[Zr+2].c1cc[cH-]c1.c1cc[cH-]c1. The smallest absolute Gasteiger partial charge is 0.507 e. The standard InChI is InChI=1S/2C7H5F3OS.2C5H5.Zr/c2*8-7(9,10)12-6-4-2-1-3-5(6)11;2*1-2-4-5-3-1;/h2*1-4,11H;2*1-5H;/q;;2*-1;+2. The number of aromatic hydroxyl groups is 2. The fraction of sp³-hybridized carbons (Fsp3) is 0.0833. The maximum absolute atomic E-state index is 11.8. The zero-order valence-electron chi connectivity index (χ0n) is 17.9. The van der Waals surface area contributed by atoms with Gasteiger partial charge in [-0.05, 0) is 47.8 Å². The van der Waals surface area contributed by atoms with E-state index in [0.717, 1.165) is 0 Å². The first-order chi connectivity index (χ1) is 16.0. The van der Waals surface area contributed by atoms with E-state index >= 15 is 0 Å². The molecule has 186 valence electrons. The number of thioether (sulfide) groups is 2. The van der Waals surface area contributed by atoms with Crippen LogP contribution >= 0.6 is 23.5 Å². The predicted molar refractivity (Wildman–Crippen MR) is 124 cm³/mol. The van der Waals surface area contributed by atoms with Gasteiger partial charge in [-0.25, -0.2) is 24.3 Å². The van der Waals surface area contributed by atoms with Crippen molar-refractivity contribution in [1.82, 2.24) is 0 Å². The average molecular weight is 610 g/mol. The van der Waals surface area contributed by atoms with Crippen LogP contribution in [0.3, 0.4) is 0 Å². The van der Waals surface area contributed by atoms with Gasteiger partial charge in [-0.1, -0.05) is 24.3 Å². The maximum atomic E-state index is 11.8. The van der Waals surface area contributed by atoms with E-state index in [1.54, 1.807) is 0 Å². The van der Waals surface area contributed by atoms with Crippen LogP contribution in [0.2, 0.25) is 0 Å². The molecule has 0 bridgehead atoms. The quantitative estimate of drug-likeness (QED) is 0.135. The summed E-state index contributed by atoms with van der Waals surface area (Å²) in [5.41, 5.74) is -8.70. The normalized spacial score (nSPS) is 10.2. The zero-order chi connectivity index (χ0) is 25.5. The van der Waals surface area contributed by atoms with Crippen molar-refractivity contribution in [2.24, 2.45) is 0 Å². The van der Waals surface area contributed by atoms with E-state index in [4.69, 9.17) is 10.2 Å². The van der Waals surface area contributed by atoms with Crippen molar-refractivity contribution in [3.8, 4) is 11.5 Å². The van der Waals surface area contributed by atoms with Crippen LogP contribution in [-0.4, -0.2) is 21.2 Å². The van der Waals surface area contributed by atoms with Gasteiger partial charge in [-0.2, -0.15) is 62.7 Å². The van der Waals surface area contributed by atoms with Crippen molar-refractivity contribution in [3.05, 3.63) is 109 Å². The van der Waals surface area contributed by atoms with Gasteiger partial charge in [0.25, 0.3) is 0 Å². The molecule has 0 aliphatic heterocycles. The van der Waals surface area contributed by atoms with E-state index < -0.39 is 11.0 Å². The third-order valence-electron chi connectivity index (χ3n) is 3.29. The zero-order valence-corrected chi connectivity index (χ0v) is 22.0. The Morgan fingerprint density at radius 3 is 1.00 bits per heavy atom. The van der Waals surface area contributed by atoms with Crippen molar-refractivity contribution in [1.29, 1.82) is 0 Å². The van der Waals surface area contributed by atoms with E-state index in [1.807, 2.05) is 60.7 Å². The first kappa shape index (κ1) is 32.9. The van der Waals surface area contributed by atoms with Gasteiger partial charge in [0, 0.05) is 0 Å². The molecule has 0 aliphatic rings. The fourth-order valence-corrected chi connectivity index (χ4v) is 3.11. The van der Waals surface area contributed by atoms with E-state index in [1.165, 1.54) is 48.5 Å². The Kier molecular flexibility index (Phi) is 16.3. The molecule has 0 saturated carbocycles. The number of phenols is 2. The van der Waals surface area contributed by atoms with E-state index in [9.17, 15) is 26.3 Å². The molecule has 0 fully saturated rings. The molecule has 0 amide bonds. The number of rotatable bonds is 2. The molecular formula is C24H20F6O2S2Zr. The van der Waals surface area contributed by atoms with Crippen LogP contribution in [0.5, 0.6) is 11.5 Å². The van der Waals surface area contributed by atoms with Gasteiger partial charge in [-0.15, -0.1) is 0 Å². The summed E-state index contributed by atoms with van der Waals surface area (Å²) in [6.07, 6.45) is 0. The summed E-state index contributed by atoms with van der Waals surface area (Å²) in [6, 6.07) is 30.7. The van der Waals surface area contributed by atoms with Crippen molar-refractivity contribution < 1.29 is 62.8 Å². The summed E-state index contributed by atoms with van der Waals surface area (Å²) in [5.74, 6) is -0.695. The number of hydrogen-bond donors (Lipinski definition) is 2. The third-order valence-corrected chi connectivity index (χ3v) is 4.89. The molecule has 0 spiro atoms. The van der Waals surface area contributed by atoms with Crippen molar-refractivity contribution in [2.45, 2.75) is 20.8 Å². The molecule has 0 saturated heterocycles. The van der Waals surface area contributed by atoms with Crippen molar-refractivity contribution in [3.63, 3.8) is 0 Å². The van der Waals surface area contributed by atoms with E-state index in [0.29, 0.717) is 0 Å². The first-order valence-electron chi connectivity index (χ1n) is 9.39. The number of phenolic OH excluding ortho intramolecular Hbond substituents is 2. The Labute approximate surface area is 226 Å². The van der Waals surface area contributed by atoms with E-state index in [2.05, 4.69) is 0 Å². The fourth-order valence-electron chi connectivity index (χ4n) is 1.98. The summed E-state index contributed by atoms with van der Waals surface area (Å²) in [7, 11) is 0. The average Bonchev–Trinajstić information content (AvgIpc) is 3.49. The van der Waals surface area contributed by atoms with Crippen LogP contribution in [0.15, 0.2) is 119 Å². The summed E-state index contributed by atoms with van der Waals surface area (Å²) in [6.45, 7) is 0. The Morgan fingerprint density at radius 2 is 0.800 bits per heavy atom. The Hall–Kier alpha value is -2.10. The number of halogens is 6. The monoisotopic (exact) mass is 608 g/mol. The van der Waals surface area contributed by atoms with Crippen LogP contribution in [0, 0.1) is 0 Å². The van der Waals surface area contributed by atoms with Gasteiger partial charge in [0.05, 0.1) is 9.79 Å². The second-order valence-electron chi connectivity index (χ2n) is 5.96. The molecule has 0 radical (unpaired) electrons. The maximum Gasteiger partial charge on any atom is 2.00 e. The molecule has 0 heterocycles. The number of para-hydroxylation sites is 2. The van der Waals surface area contributed by atoms with Crippen LogP contribution in [0.4, 0.5) is 26.3 Å². The molecule has 2 N–H and O–H groups in total. The third kappa shape index (κ3) is 17.9. The Bertz CT molecular complexity index is 903. The largest absolute Gasteiger partial charge is 2.00 e. The van der Waals surface area contributed by atoms with Gasteiger partial charge in [-0.3, -0.25) is 0 Å². The second kappa shape index (κ2) is 17.4. The second-order valence-corrected chi connectivity index (χ2v) is 8.17. The molecule has 35 heavy (non-hydrogen) atoms. The molecule has 0 aliphatic carbocycles. The van der Waals surface area contributed by atoms with Crippen LogP contribution in [-0.2, 0) is 26.2 Å². The number of alkyl halides is 6. The van der Waals surface area contributed by atoms with E-state index in [-0.39, 0.29) is 71.0 Å². The molecule has 0 aromatic heterocycles. The van der Waals surface area contributed by atoms with Crippen LogP contribution in [0.25, 0.3) is 0 Å². The van der Waals surface area contributed by atoms with Gasteiger partial charge >= 0.3 is 37.2 Å². The predicted octanol–water partition coefficient (Wildman–Crippen LogP) is 8.82. The van der Waals surface area contributed by atoms with Gasteiger partial charge < -0.3 is 10.2 Å². The Balaban J connectivity index is 0.000000468. The molecular weight excluding hydrogens is 590 g/mol. The minimum Gasteiger partial charge on any atom is -0.507 e. The molecule has 4 rings (SSSR count). The molecule has 0 unspecified atom stereocenters. The molecule has 11 heteroatoms. The molecule has 0 atom stereocenters. The molecule has 2 nitrogen and oxygen atoms in total. The summed E-state index contributed by atoms with van der Waals surface area (Å²) >= 11 is -0.645. The van der Waals surface area contributed by atoms with Gasteiger partial charge in [0.15, 0.2) is 0 Å². The minimum atomic E-state index is -4.35. The minimum absolute atomic E-state index is 0. The summed E-state index contributed by atoms with van der Waals surface area (Å²) in [5, 5.41) is 17.9. The number of hydrogen-bond acceptors (Lipinski definition) is 4. The molecule has 4 aromatic carbocycles. The van der Waals surface area contributed by atoms with Crippen molar-refractivity contribution >= 4 is 23.5 Å². The summed E-state index contributed by atoms with van der Waals surface area (Å²) < 4.78 is 70.6. The van der Waals surface area contributed by atoms with Gasteiger partial charge in [0.1, 0.15) is 11.5 Å². The summed E-state index contributed by atoms with van der Waals surface area (Å²) in [4.78, 5) is -0.352. The molecule has 4 aromatic rings.